The van der Waals surface area contributed by atoms with Crippen molar-refractivity contribution in [3.63, 3.8) is 0 Å². The summed E-state index contributed by atoms with van der Waals surface area (Å²) in [7, 11) is 0. The van der Waals surface area contributed by atoms with E-state index < -0.39 is 0 Å². The van der Waals surface area contributed by atoms with Gasteiger partial charge in [-0.25, -0.2) is 0 Å². The Morgan fingerprint density at radius 3 is 2.29 bits per heavy atom. The monoisotopic (exact) mass is 282 g/mol. The van der Waals surface area contributed by atoms with Crippen LogP contribution < -0.4 is 11.1 Å². The Bertz CT molecular complexity index is 203. The molecule has 1 unspecified atom stereocenters. The van der Waals surface area contributed by atoms with Crippen molar-refractivity contribution in [1.29, 1.82) is 0 Å². The molecule has 0 rings (SSSR count). The lowest BCUT2D eigenvalue weighted by Crippen LogP contribution is -2.44. The second-order valence-corrected chi connectivity index (χ2v) is 5.75. The summed E-state index contributed by atoms with van der Waals surface area (Å²) in [4.78, 5) is 11.7. The van der Waals surface area contributed by atoms with Gasteiger partial charge in [0.15, 0.2) is 0 Å². The average Bonchev–Trinajstić information content (AvgIpc) is 2.22. The zero-order valence-corrected chi connectivity index (χ0v) is 13.0. The fraction of sp³-hybridized carbons (Fsp3) is 0.917. The van der Waals surface area contributed by atoms with E-state index in [-0.39, 0.29) is 30.4 Å². The molecule has 17 heavy (non-hydrogen) atoms. The van der Waals surface area contributed by atoms with Crippen molar-refractivity contribution >= 4 is 30.1 Å². The zero-order chi connectivity index (χ0) is 12.6. The van der Waals surface area contributed by atoms with Crippen LogP contribution in [0.3, 0.4) is 0 Å². The van der Waals surface area contributed by atoms with E-state index in [9.17, 15) is 4.79 Å². The van der Waals surface area contributed by atoms with Crippen molar-refractivity contribution in [3.8, 4) is 0 Å². The highest BCUT2D eigenvalue weighted by Crippen LogP contribution is 2.07. The maximum absolute atomic E-state index is 11.7. The van der Waals surface area contributed by atoms with Gasteiger partial charge in [0.25, 0.3) is 0 Å². The maximum atomic E-state index is 11.7. The Labute approximate surface area is 116 Å². The first-order valence-corrected chi connectivity index (χ1v) is 7.41. The summed E-state index contributed by atoms with van der Waals surface area (Å²) in [5.74, 6) is 1.62. The van der Waals surface area contributed by atoms with Crippen LogP contribution in [0.5, 0.6) is 0 Å². The van der Waals surface area contributed by atoms with E-state index in [4.69, 9.17) is 5.73 Å². The predicted molar refractivity (Wildman–Crippen MR) is 79.9 cm³/mol. The number of thioether (sulfide) groups is 1. The third kappa shape index (κ3) is 10.9. The van der Waals surface area contributed by atoms with Crippen LogP contribution in [0.25, 0.3) is 0 Å². The molecule has 0 aliphatic rings. The van der Waals surface area contributed by atoms with Crippen molar-refractivity contribution in [2.24, 2.45) is 11.7 Å². The van der Waals surface area contributed by atoms with Gasteiger partial charge in [-0.2, -0.15) is 11.8 Å². The third-order valence-corrected chi connectivity index (χ3v) is 3.18. The van der Waals surface area contributed by atoms with E-state index in [2.05, 4.69) is 19.2 Å². The zero-order valence-electron chi connectivity index (χ0n) is 11.4. The van der Waals surface area contributed by atoms with Gasteiger partial charge in [0.1, 0.15) is 0 Å². The predicted octanol–water partition coefficient (Wildman–Crippen LogP) is 2.43. The highest BCUT2D eigenvalue weighted by Gasteiger charge is 2.15. The number of carbonyl (C=O) groups is 1. The quantitative estimate of drug-likeness (QED) is 0.719. The fourth-order valence-corrected chi connectivity index (χ4v) is 1.87. The van der Waals surface area contributed by atoms with E-state index in [1.165, 1.54) is 0 Å². The minimum absolute atomic E-state index is 0. The van der Waals surface area contributed by atoms with Crippen LogP contribution in [-0.2, 0) is 4.79 Å². The molecule has 5 heteroatoms. The number of halogens is 1. The van der Waals surface area contributed by atoms with Crippen LogP contribution in [0.15, 0.2) is 0 Å². The smallest absolute Gasteiger partial charge is 0.237 e. The number of rotatable bonds is 8. The molecule has 2 atom stereocenters. The molecule has 0 aliphatic carbocycles. The van der Waals surface area contributed by atoms with Crippen LogP contribution in [-0.4, -0.2) is 30.0 Å². The molecule has 3 N–H and O–H groups in total. The van der Waals surface area contributed by atoms with Gasteiger partial charge >= 0.3 is 0 Å². The van der Waals surface area contributed by atoms with Gasteiger partial charge in [0.05, 0.1) is 6.04 Å². The standard InChI is InChI=1S/C12H26N2OS.ClH/c1-9(2)5-6-10(3)14-12(15)11(13)7-8-16-4;/h9-11H,5-8,13H2,1-4H3,(H,14,15);1H/t10?,11-;/m0./s1. The molecule has 0 heterocycles. The molecule has 0 aromatic rings. The molecule has 0 aliphatic heterocycles. The molecule has 0 radical (unpaired) electrons. The van der Waals surface area contributed by atoms with Gasteiger partial charge in [0.2, 0.25) is 5.91 Å². The Morgan fingerprint density at radius 2 is 1.82 bits per heavy atom. The van der Waals surface area contributed by atoms with E-state index in [0.717, 1.165) is 25.0 Å². The first-order chi connectivity index (χ1) is 7.47. The summed E-state index contributed by atoms with van der Waals surface area (Å²) < 4.78 is 0. The Kier molecular flexibility index (Phi) is 12.8. The molecule has 3 nitrogen and oxygen atoms in total. The molecular weight excluding hydrogens is 256 g/mol. The van der Waals surface area contributed by atoms with Crippen molar-refractivity contribution < 1.29 is 4.79 Å². The molecule has 0 bridgehead atoms. The summed E-state index contributed by atoms with van der Waals surface area (Å²) in [5.41, 5.74) is 5.78. The van der Waals surface area contributed by atoms with Gasteiger partial charge in [0, 0.05) is 6.04 Å². The SMILES string of the molecule is CSCC[C@H](N)C(=O)NC(C)CCC(C)C.Cl. The average molecular weight is 283 g/mol. The maximum Gasteiger partial charge on any atom is 0.237 e. The molecule has 0 fully saturated rings. The number of hydrogen-bond donors (Lipinski definition) is 2. The molecule has 1 amide bonds. The van der Waals surface area contributed by atoms with E-state index in [0.29, 0.717) is 5.92 Å². The minimum atomic E-state index is -0.353. The lowest BCUT2D eigenvalue weighted by atomic mass is 10.0. The lowest BCUT2D eigenvalue weighted by Gasteiger charge is -2.18. The summed E-state index contributed by atoms with van der Waals surface area (Å²) in [6.07, 6.45) is 4.94. The topological polar surface area (TPSA) is 55.1 Å². The minimum Gasteiger partial charge on any atom is -0.352 e. The van der Waals surface area contributed by atoms with Crippen LogP contribution >= 0.6 is 24.2 Å². The van der Waals surface area contributed by atoms with Crippen LogP contribution in [0.4, 0.5) is 0 Å². The van der Waals surface area contributed by atoms with Crippen LogP contribution in [0.1, 0.15) is 40.0 Å². The van der Waals surface area contributed by atoms with Crippen molar-refractivity contribution in [2.45, 2.75) is 52.1 Å². The third-order valence-electron chi connectivity index (χ3n) is 2.54. The number of carbonyl (C=O) groups excluding carboxylic acids is 1. The van der Waals surface area contributed by atoms with Gasteiger partial charge in [-0.3, -0.25) is 4.79 Å². The molecule has 0 saturated heterocycles. The second-order valence-electron chi connectivity index (χ2n) is 4.77. The first-order valence-electron chi connectivity index (χ1n) is 6.02. The molecular formula is C12H27ClN2OS. The molecule has 0 saturated carbocycles. The second kappa shape index (κ2) is 11.2. The van der Waals surface area contributed by atoms with Crippen LogP contribution in [0.2, 0.25) is 0 Å². The van der Waals surface area contributed by atoms with Crippen molar-refractivity contribution in [1.82, 2.24) is 5.32 Å². The largest absolute Gasteiger partial charge is 0.352 e. The normalized spacial score (nSPS) is 14.0. The Balaban J connectivity index is 0. The van der Waals surface area contributed by atoms with Gasteiger partial charge in [-0.1, -0.05) is 13.8 Å². The van der Waals surface area contributed by atoms with E-state index in [1.54, 1.807) is 11.8 Å². The fourth-order valence-electron chi connectivity index (χ4n) is 1.38. The first kappa shape index (κ1) is 19.4. The number of amides is 1. The van der Waals surface area contributed by atoms with Crippen molar-refractivity contribution in [2.75, 3.05) is 12.0 Å². The number of nitrogens with two attached hydrogens (primary N) is 1. The molecule has 0 aromatic carbocycles. The Hall–Kier alpha value is 0.0700. The van der Waals surface area contributed by atoms with Gasteiger partial charge in [-0.05, 0) is 44.1 Å². The Morgan fingerprint density at radius 1 is 1.24 bits per heavy atom. The number of nitrogens with one attached hydrogen (secondary N) is 1. The number of hydrogen-bond acceptors (Lipinski definition) is 3. The highest BCUT2D eigenvalue weighted by atomic mass is 35.5. The molecule has 0 aromatic heterocycles. The van der Waals surface area contributed by atoms with Crippen LogP contribution in [0, 0.1) is 5.92 Å². The van der Waals surface area contributed by atoms with Crippen molar-refractivity contribution in [3.05, 3.63) is 0 Å². The molecule has 104 valence electrons. The van der Waals surface area contributed by atoms with E-state index in [1.807, 2.05) is 13.2 Å². The van der Waals surface area contributed by atoms with Gasteiger partial charge in [-0.15, -0.1) is 12.4 Å². The van der Waals surface area contributed by atoms with Gasteiger partial charge < -0.3 is 11.1 Å². The molecule has 0 spiro atoms. The summed E-state index contributed by atoms with van der Waals surface area (Å²) >= 11 is 1.72. The van der Waals surface area contributed by atoms with E-state index >= 15 is 0 Å². The summed E-state index contributed by atoms with van der Waals surface area (Å²) in [6, 6.07) is -0.121. The highest BCUT2D eigenvalue weighted by molar-refractivity contribution is 7.98. The summed E-state index contributed by atoms with van der Waals surface area (Å²) in [5, 5.41) is 2.97. The summed E-state index contributed by atoms with van der Waals surface area (Å²) in [6.45, 7) is 6.43. The lowest BCUT2D eigenvalue weighted by molar-refractivity contribution is -0.123.